The summed E-state index contributed by atoms with van der Waals surface area (Å²) >= 11 is 0. The first-order valence-corrected chi connectivity index (χ1v) is 8.60. The maximum Gasteiger partial charge on any atom is 0.265 e. The highest BCUT2D eigenvalue weighted by molar-refractivity contribution is 5.95. The molecule has 3 aromatic carbocycles. The smallest absolute Gasteiger partial charge is 0.265 e. The van der Waals surface area contributed by atoms with Crippen LogP contribution >= 0.6 is 0 Å². The Labute approximate surface area is 148 Å². The van der Waals surface area contributed by atoms with Gasteiger partial charge in [0.25, 0.3) is 5.91 Å². The van der Waals surface area contributed by atoms with Crippen molar-refractivity contribution >= 4 is 22.4 Å². The molecule has 25 heavy (non-hydrogen) atoms. The number of nitrogens with one attached hydrogen (secondary N) is 1. The monoisotopic (exact) mass is 333 g/mol. The van der Waals surface area contributed by atoms with Gasteiger partial charge in [0.1, 0.15) is 5.75 Å². The van der Waals surface area contributed by atoms with E-state index < -0.39 is 6.10 Å². The van der Waals surface area contributed by atoms with Gasteiger partial charge < -0.3 is 10.1 Å². The van der Waals surface area contributed by atoms with Crippen LogP contribution < -0.4 is 10.1 Å². The van der Waals surface area contributed by atoms with E-state index in [9.17, 15) is 4.79 Å². The fraction of sp³-hybridized carbons (Fsp3) is 0.227. The van der Waals surface area contributed by atoms with Crippen LogP contribution in [0.1, 0.15) is 24.5 Å². The molecule has 128 valence electrons. The third kappa shape index (κ3) is 4.00. The Kier molecular flexibility index (Phi) is 5.03. The lowest BCUT2D eigenvalue weighted by atomic mass is 10.1. The molecule has 0 heterocycles. The summed E-state index contributed by atoms with van der Waals surface area (Å²) in [6, 6.07) is 19.9. The number of carbonyl (C=O) groups excluding carboxylic acids is 1. The molecule has 3 aromatic rings. The van der Waals surface area contributed by atoms with E-state index in [0.717, 1.165) is 33.3 Å². The van der Waals surface area contributed by atoms with Gasteiger partial charge in [-0.2, -0.15) is 0 Å². The van der Waals surface area contributed by atoms with E-state index in [4.69, 9.17) is 4.74 Å². The highest BCUT2D eigenvalue weighted by atomic mass is 16.5. The normalized spacial score (nSPS) is 12.0. The van der Waals surface area contributed by atoms with Gasteiger partial charge in [-0.15, -0.1) is 0 Å². The molecule has 1 atom stereocenters. The molecule has 0 bridgehead atoms. The van der Waals surface area contributed by atoms with Crippen LogP contribution in [0.5, 0.6) is 5.75 Å². The van der Waals surface area contributed by atoms with Crippen molar-refractivity contribution in [1.82, 2.24) is 0 Å². The van der Waals surface area contributed by atoms with E-state index in [2.05, 4.69) is 11.4 Å². The summed E-state index contributed by atoms with van der Waals surface area (Å²) < 4.78 is 6.06. The number of amides is 1. The van der Waals surface area contributed by atoms with Gasteiger partial charge in [-0.1, -0.05) is 49.4 Å². The van der Waals surface area contributed by atoms with E-state index in [1.807, 2.05) is 75.4 Å². The number of rotatable bonds is 5. The Morgan fingerprint density at radius 1 is 1.00 bits per heavy atom. The molecule has 0 aliphatic heterocycles. The van der Waals surface area contributed by atoms with Crippen LogP contribution in [-0.2, 0) is 4.79 Å². The van der Waals surface area contributed by atoms with E-state index in [-0.39, 0.29) is 5.91 Å². The van der Waals surface area contributed by atoms with Gasteiger partial charge in [-0.25, -0.2) is 0 Å². The fourth-order valence-corrected chi connectivity index (χ4v) is 3.04. The number of fused-ring (bicyclic) bond motifs is 1. The molecule has 3 heteroatoms. The van der Waals surface area contributed by atoms with Gasteiger partial charge in [0.05, 0.1) is 0 Å². The lowest BCUT2D eigenvalue weighted by molar-refractivity contribution is -0.122. The predicted octanol–water partition coefficient (Wildman–Crippen LogP) is 5.25. The Morgan fingerprint density at radius 2 is 1.68 bits per heavy atom. The van der Waals surface area contributed by atoms with Gasteiger partial charge in [-0.05, 0) is 55.0 Å². The van der Waals surface area contributed by atoms with Crippen molar-refractivity contribution in [2.24, 2.45) is 0 Å². The second-order valence-electron chi connectivity index (χ2n) is 6.36. The number of aryl methyl sites for hydroxylation is 2. The average Bonchev–Trinajstić information content (AvgIpc) is 2.58. The molecule has 0 aliphatic rings. The third-order valence-corrected chi connectivity index (χ3v) is 4.17. The summed E-state index contributed by atoms with van der Waals surface area (Å²) in [5.41, 5.74) is 3.05. The molecule has 0 aromatic heterocycles. The highest BCUT2D eigenvalue weighted by Crippen LogP contribution is 2.27. The number of carbonyl (C=O) groups is 1. The van der Waals surface area contributed by atoms with Gasteiger partial charge in [0.15, 0.2) is 6.10 Å². The van der Waals surface area contributed by atoms with Crippen molar-refractivity contribution in [3.63, 3.8) is 0 Å². The minimum atomic E-state index is -0.536. The predicted molar refractivity (Wildman–Crippen MR) is 103 cm³/mol. The van der Waals surface area contributed by atoms with E-state index in [0.29, 0.717) is 6.42 Å². The SMILES string of the molecule is CC[C@@H](Oc1cccc2ccccc12)C(=O)Nc1cc(C)cc(C)c1. The van der Waals surface area contributed by atoms with Gasteiger partial charge in [0, 0.05) is 11.1 Å². The zero-order valence-corrected chi connectivity index (χ0v) is 14.9. The van der Waals surface area contributed by atoms with Crippen LogP contribution in [0.3, 0.4) is 0 Å². The van der Waals surface area contributed by atoms with E-state index in [1.54, 1.807) is 0 Å². The number of hydrogen-bond acceptors (Lipinski definition) is 2. The summed E-state index contributed by atoms with van der Waals surface area (Å²) in [6.45, 7) is 6.00. The minimum Gasteiger partial charge on any atom is -0.480 e. The summed E-state index contributed by atoms with van der Waals surface area (Å²) in [6.07, 6.45) is 0.0615. The van der Waals surface area contributed by atoms with Crippen molar-refractivity contribution in [2.45, 2.75) is 33.3 Å². The zero-order chi connectivity index (χ0) is 17.8. The van der Waals surface area contributed by atoms with Crippen LogP contribution in [0.15, 0.2) is 60.7 Å². The Balaban J connectivity index is 1.80. The molecular formula is C22H23NO2. The van der Waals surface area contributed by atoms with Crippen LogP contribution in [-0.4, -0.2) is 12.0 Å². The first-order chi connectivity index (χ1) is 12.1. The first kappa shape index (κ1) is 17.0. The van der Waals surface area contributed by atoms with Crippen molar-refractivity contribution in [3.8, 4) is 5.75 Å². The number of hydrogen-bond donors (Lipinski definition) is 1. The molecule has 0 spiro atoms. The summed E-state index contributed by atoms with van der Waals surface area (Å²) in [5, 5.41) is 5.10. The van der Waals surface area contributed by atoms with Crippen molar-refractivity contribution in [2.75, 3.05) is 5.32 Å². The molecule has 3 nitrogen and oxygen atoms in total. The van der Waals surface area contributed by atoms with Crippen LogP contribution in [0.2, 0.25) is 0 Å². The highest BCUT2D eigenvalue weighted by Gasteiger charge is 2.19. The van der Waals surface area contributed by atoms with E-state index in [1.165, 1.54) is 0 Å². The largest absolute Gasteiger partial charge is 0.480 e. The topological polar surface area (TPSA) is 38.3 Å². The van der Waals surface area contributed by atoms with Crippen LogP contribution in [0.4, 0.5) is 5.69 Å². The summed E-state index contributed by atoms with van der Waals surface area (Å²) in [4.78, 5) is 12.7. The van der Waals surface area contributed by atoms with Crippen LogP contribution in [0, 0.1) is 13.8 Å². The second kappa shape index (κ2) is 7.39. The Hall–Kier alpha value is -2.81. The van der Waals surface area contributed by atoms with E-state index >= 15 is 0 Å². The Morgan fingerprint density at radius 3 is 2.40 bits per heavy atom. The molecule has 0 aliphatic carbocycles. The maximum atomic E-state index is 12.7. The van der Waals surface area contributed by atoms with Gasteiger partial charge in [0.2, 0.25) is 0 Å². The molecule has 1 amide bonds. The van der Waals surface area contributed by atoms with Crippen molar-refractivity contribution in [3.05, 3.63) is 71.8 Å². The molecule has 0 saturated heterocycles. The van der Waals surface area contributed by atoms with Gasteiger partial charge in [-0.3, -0.25) is 4.79 Å². The number of ether oxygens (including phenoxy) is 1. The van der Waals surface area contributed by atoms with Crippen molar-refractivity contribution < 1.29 is 9.53 Å². The molecular weight excluding hydrogens is 310 g/mol. The van der Waals surface area contributed by atoms with Crippen molar-refractivity contribution in [1.29, 1.82) is 0 Å². The summed E-state index contributed by atoms with van der Waals surface area (Å²) in [7, 11) is 0. The van der Waals surface area contributed by atoms with Gasteiger partial charge >= 0.3 is 0 Å². The second-order valence-corrected chi connectivity index (χ2v) is 6.36. The summed E-state index contributed by atoms with van der Waals surface area (Å²) in [5.74, 6) is 0.612. The fourth-order valence-electron chi connectivity index (χ4n) is 3.04. The molecule has 3 rings (SSSR count). The molecule has 0 fully saturated rings. The lowest BCUT2D eigenvalue weighted by Crippen LogP contribution is -2.32. The average molecular weight is 333 g/mol. The third-order valence-electron chi connectivity index (χ3n) is 4.17. The zero-order valence-electron chi connectivity index (χ0n) is 14.9. The number of anilines is 1. The quantitative estimate of drug-likeness (QED) is 0.692. The standard InChI is InChI=1S/C22H23NO2/c1-4-20(22(24)23-18-13-15(2)12-16(3)14-18)25-21-11-7-9-17-8-5-6-10-19(17)21/h5-14,20H,4H2,1-3H3,(H,23,24)/t20-/m1/s1. The molecule has 0 saturated carbocycles. The van der Waals surface area contributed by atoms with Crippen LogP contribution in [0.25, 0.3) is 10.8 Å². The minimum absolute atomic E-state index is 0.125. The molecule has 1 N–H and O–H groups in total. The number of benzene rings is 3. The maximum absolute atomic E-state index is 12.7. The first-order valence-electron chi connectivity index (χ1n) is 8.60. The Bertz CT molecular complexity index is 876. The molecule has 0 radical (unpaired) electrons. The molecule has 0 unspecified atom stereocenters. The lowest BCUT2D eigenvalue weighted by Gasteiger charge is -2.19.